The highest BCUT2D eigenvalue weighted by Gasteiger charge is 2.20. The lowest BCUT2D eigenvalue weighted by molar-refractivity contribution is -0.132. The van der Waals surface area contributed by atoms with E-state index < -0.39 is 0 Å². The van der Waals surface area contributed by atoms with Gasteiger partial charge in [0.15, 0.2) is 0 Å². The van der Waals surface area contributed by atoms with Crippen LogP contribution >= 0.6 is 11.8 Å². The Morgan fingerprint density at radius 3 is 2.70 bits per heavy atom. The molecule has 1 aliphatic heterocycles. The van der Waals surface area contributed by atoms with Gasteiger partial charge < -0.3 is 10.6 Å². The van der Waals surface area contributed by atoms with E-state index in [2.05, 4.69) is 0 Å². The van der Waals surface area contributed by atoms with Crippen LogP contribution in [0.2, 0.25) is 0 Å². The number of thioether (sulfide) groups is 1. The number of rotatable bonds is 5. The molecule has 0 radical (unpaired) electrons. The summed E-state index contributed by atoms with van der Waals surface area (Å²) in [5.41, 5.74) is 7.78. The van der Waals surface area contributed by atoms with Crippen molar-refractivity contribution >= 4 is 23.4 Å². The Labute approximate surface area is 125 Å². The van der Waals surface area contributed by atoms with E-state index >= 15 is 0 Å². The molecule has 4 heteroatoms. The first-order chi connectivity index (χ1) is 9.70. The second-order valence-electron chi connectivity index (χ2n) is 5.37. The van der Waals surface area contributed by atoms with E-state index in [0.717, 1.165) is 17.8 Å². The first kappa shape index (κ1) is 15.2. The Hall–Kier alpha value is -1.16. The Morgan fingerprint density at radius 1 is 1.35 bits per heavy atom. The largest absolute Gasteiger partial charge is 0.398 e. The number of benzene rings is 1. The maximum atomic E-state index is 12.4. The fourth-order valence-electron chi connectivity index (χ4n) is 2.59. The van der Waals surface area contributed by atoms with E-state index in [0.29, 0.717) is 18.9 Å². The van der Waals surface area contributed by atoms with Gasteiger partial charge >= 0.3 is 0 Å². The smallest absolute Gasteiger partial charge is 0.223 e. The molecule has 1 heterocycles. The Bertz CT molecular complexity index is 444. The van der Waals surface area contributed by atoms with Crippen molar-refractivity contribution in [2.45, 2.75) is 32.7 Å². The van der Waals surface area contributed by atoms with Crippen molar-refractivity contribution < 1.29 is 4.79 Å². The molecule has 2 N–H and O–H groups in total. The average Bonchev–Trinajstić information content (AvgIpc) is 2.47. The third-order valence-corrected chi connectivity index (χ3v) is 5.00. The summed E-state index contributed by atoms with van der Waals surface area (Å²) in [5, 5.41) is 0. The van der Waals surface area contributed by atoms with Crippen LogP contribution in [0.3, 0.4) is 0 Å². The minimum absolute atomic E-state index is 0.271. The standard InChI is InChI=1S/C16H24N2OS/c1-2-18(12-14-5-3-4-6-15(14)17)16(19)11-13-7-9-20-10-8-13/h3-6,13H,2,7-12,17H2,1H3. The third-order valence-electron chi connectivity index (χ3n) is 3.95. The fourth-order valence-corrected chi connectivity index (χ4v) is 3.79. The number of hydrogen-bond acceptors (Lipinski definition) is 3. The van der Waals surface area contributed by atoms with Gasteiger partial charge in [0.1, 0.15) is 0 Å². The van der Waals surface area contributed by atoms with Crippen LogP contribution in [0.5, 0.6) is 0 Å². The van der Waals surface area contributed by atoms with Crippen molar-refractivity contribution in [3.05, 3.63) is 29.8 Å². The molecule has 1 amide bonds. The van der Waals surface area contributed by atoms with Crippen LogP contribution in [0, 0.1) is 5.92 Å². The van der Waals surface area contributed by atoms with Gasteiger partial charge in [-0.15, -0.1) is 0 Å². The first-order valence-electron chi connectivity index (χ1n) is 7.39. The minimum Gasteiger partial charge on any atom is -0.398 e. The predicted octanol–water partition coefficient (Wildman–Crippen LogP) is 3.15. The monoisotopic (exact) mass is 292 g/mol. The Morgan fingerprint density at radius 2 is 2.05 bits per heavy atom. The van der Waals surface area contributed by atoms with Crippen LogP contribution in [-0.4, -0.2) is 28.9 Å². The second-order valence-corrected chi connectivity index (χ2v) is 6.59. The van der Waals surface area contributed by atoms with Crippen LogP contribution in [0.25, 0.3) is 0 Å². The number of amides is 1. The van der Waals surface area contributed by atoms with Gasteiger partial charge in [-0.25, -0.2) is 0 Å². The summed E-state index contributed by atoms with van der Waals surface area (Å²) in [7, 11) is 0. The summed E-state index contributed by atoms with van der Waals surface area (Å²) in [6, 6.07) is 7.80. The van der Waals surface area contributed by atoms with Crippen LogP contribution < -0.4 is 5.73 Å². The fraction of sp³-hybridized carbons (Fsp3) is 0.562. The highest BCUT2D eigenvalue weighted by atomic mass is 32.2. The van der Waals surface area contributed by atoms with Gasteiger partial charge in [-0.2, -0.15) is 11.8 Å². The number of anilines is 1. The number of nitrogens with zero attached hydrogens (tertiary/aromatic N) is 1. The lowest BCUT2D eigenvalue weighted by atomic mass is 9.98. The summed E-state index contributed by atoms with van der Waals surface area (Å²) in [6.45, 7) is 3.41. The minimum atomic E-state index is 0.271. The molecule has 0 aromatic heterocycles. The van der Waals surface area contributed by atoms with Gasteiger partial charge in [0.05, 0.1) is 0 Å². The molecule has 0 unspecified atom stereocenters. The van der Waals surface area contributed by atoms with Crippen LogP contribution in [0.15, 0.2) is 24.3 Å². The number of para-hydroxylation sites is 1. The molecule has 1 fully saturated rings. The number of nitrogens with two attached hydrogens (primary N) is 1. The molecule has 0 aliphatic carbocycles. The van der Waals surface area contributed by atoms with Gasteiger partial charge in [0.25, 0.3) is 0 Å². The first-order valence-corrected chi connectivity index (χ1v) is 8.55. The van der Waals surface area contributed by atoms with Crippen molar-refractivity contribution in [2.24, 2.45) is 5.92 Å². The van der Waals surface area contributed by atoms with Crippen LogP contribution in [0.4, 0.5) is 5.69 Å². The highest BCUT2D eigenvalue weighted by molar-refractivity contribution is 7.99. The molecule has 0 saturated carbocycles. The molecule has 1 saturated heterocycles. The molecular weight excluding hydrogens is 268 g/mol. The number of nitrogen functional groups attached to an aromatic ring is 1. The maximum Gasteiger partial charge on any atom is 0.223 e. The van der Waals surface area contributed by atoms with Crippen LogP contribution in [-0.2, 0) is 11.3 Å². The summed E-state index contributed by atoms with van der Waals surface area (Å²) < 4.78 is 0. The quantitative estimate of drug-likeness (QED) is 0.848. The molecule has 20 heavy (non-hydrogen) atoms. The molecule has 1 aromatic carbocycles. The molecular formula is C16H24N2OS. The zero-order valence-corrected chi connectivity index (χ0v) is 13.0. The Balaban J connectivity index is 1.93. The van der Waals surface area contributed by atoms with E-state index in [1.165, 1.54) is 24.3 Å². The molecule has 3 nitrogen and oxygen atoms in total. The van der Waals surface area contributed by atoms with Crippen molar-refractivity contribution in [3.8, 4) is 0 Å². The molecule has 1 aliphatic rings. The molecule has 2 rings (SSSR count). The van der Waals surface area contributed by atoms with Crippen molar-refractivity contribution in [1.82, 2.24) is 4.90 Å². The van der Waals surface area contributed by atoms with Gasteiger partial charge in [-0.05, 0) is 48.8 Å². The zero-order valence-electron chi connectivity index (χ0n) is 12.2. The summed E-state index contributed by atoms with van der Waals surface area (Å²) in [4.78, 5) is 14.4. The van der Waals surface area contributed by atoms with Crippen molar-refractivity contribution in [3.63, 3.8) is 0 Å². The van der Waals surface area contributed by atoms with E-state index in [1.807, 2.05) is 47.9 Å². The van der Waals surface area contributed by atoms with Crippen molar-refractivity contribution in [2.75, 3.05) is 23.8 Å². The van der Waals surface area contributed by atoms with E-state index in [9.17, 15) is 4.79 Å². The summed E-state index contributed by atoms with van der Waals surface area (Å²) in [5.74, 6) is 3.25. The SMILES string of the molecule is CCN(Cc1ccccc1N)C(=O)CC1CCSCC1. The summed E-state index contributed by atoms with van der Waals surface area (Å²) >= 11 is 2.00. The molecule has 0 atom stereocenters. The maximum absolute atomic E-state index is 12.4. The molecule has 0 bridgehead atoms. The highest BCUT2D eigenvalue weighted by Crippen LogP contribution is 2.26. The normalized spacial score (nSPS) is 16.1. The zero-order chi connectivity index (χ0) is 14.4. The summed E-state index contributed by atoms with van der Waals surface area (Å²) in [6.07, 6.45) is 3.06. The molecule has 0 spiro atoms. The lowest BCUT2D eigenvalue weighted by Crippen LogP contribution is -2.32. The average molecular weight is 292 g/mol. The van der Waals surface area contributed by atoms with E-state index in [-0.39, 0.29) is 5.91 Å². The van der Waals surface area contributed by atoms with E-state index in [1.54, 1.807) is 0 Å². The number of hydrogen-bond donors (Lipinski definition) is 1. The molecule has 1 aromatic rings. The molecule has 110 valence electrons. The van der Waals surface area contributed by atoms with E-state index in [4.69, 9.17) is 5.73 Å². The van der Waals surface area contributed by atoms with Gasteiger partial charge in [-0.3, -0.25) is 4.79 Å². The van der Waals surface area contributed by atoms with Gasteiger partial charge in [0.2, 0.25) is 5.91 Å². The third kappa shape index (κ3) is 4.17. The van der Waals surface area contributed by atoms with Crippen molar-refractivity contribution in [1.29, 1.82) is 0 Å². The van der Waals surface area contributed by atoms with Gasteiger partial charge in [0, 0.05) is 25.2 Å². The second kappa shape index (κ2) is 7.58. The Kier molecular flexibility index (Phi) is 5.77. The predicted molar refractivity (Wildman–Crippen MR) is 86.6 cm³/mol. The van der Waals surface area contributed by atoms with Crippen LogP contribution in [0.1, 0.15) is 31.7 Å². The number of carbonyl (C=O) groups excluding carboxylic acids is 1. The lowest BCUT2D eigenvalue weighted by Gasteiger charge is -2.26. The number of carbonyl (C=O) groups is 1. The van der Waals surface area contributed by atoms with Gasteiger partial charge in [-0.1, -0.05) is 18.2 Å². The topological polar surface area (TPSA) is 46.3 Å².